The molecule has 0 unspecified atom stereocenters. The van der Waals surface area contributed by atoms with E-state index in [2.05, 4.69) is 52.0 Å². The molecule has 0 saturated heterocycles. The smallest absolute Gasteiger partial charge is 0.471 e. The molecule has 5 heteroatoms. The van der Waals surface area contributed by atoms with E-state index >= 15 is 0 Å². The molecule has 0 fully saturated rings. The minimum atomic E-state index is -3.50. The number of unbranched alkanes of at least 4 members (excludes halogenated alkanes) is 18. The molecule has 0 amide bonds. The van der Waals surface area contributed by atoms with Crippen LogP contribution in [0.25, 0.3) is 0 Å². The van der Waals surface area contributed by atoms with E-state index in [0.29, 0.717) is 13.2 Å². The van der Waals surface area contributed by atoms with E-state index in [1.807, 2.05) is 24.3 Å². The van der Waals surface area contributed by atoms with Gasteiger partial charge in [-0.3, -0.25) is 0 Å². The van der Waals surface area contributed by atoms with E-state index in [4.69, 9.17) is 17.7 Å². The maximum Gasteiger partial charge on any atom is 0.820 e. The van der Waals surface area contributed by atoms with Gasteiger partial charge in [-0.25, -0.2) is 0 Å². The Morgan fingerprint density at radius 2 is 0.674 bits per heavy atom. The molecule has 43 heavy (non-hydrogen) atoms. The van der Waals surface area contributed by atoms with E-state index in [9.17, 15) is 0 Å². The average Bonchev–Trinajstić information content (AvgIpc) is 3.01. The van der Waals surface area contributed by atoms with Crippen molar-refractivity contribution in [1.29, 1.82) is 0 Å². The van der Waals surface area contributed by atoms with Crippen LogP contribution in [0.1, 0.15) is 153 Å². The summed E-state index contributed by atoms with van der Waals surface area (Å²) in [4.78, 5) is 0. The van der Waals surface area contributed by atoms with Crippen LogP contribution >= 0.6 is 0 Å². The number of hydrogen-bond donors (Lipinski definition) is 0. The summed E-state index contributed by atoms with van der Waals surface area (Å²) in [6, 6.07) is 16.2. The molecule has 0 atom stereocenters. The highest BCUT2D eigenvalue weighted by molar-refractivity contribution is 6.55. The molecule has 0 N–H and O–H groups in total. The number of aryl methyl sites for hydroxylation is 2. The van der Waals surface area contributed by atoms with Gasteiger partial charge in [-0.05, 0) is 51.0 Å². The zero-order chi connectivity index (χ0) is 30.9. The molecule has 2 aromatic carbocycles. The second-order valence-electron chi connectivity index (χ2n) is 12.4. The highest BCUT2D eigenvalue weighted by Gasteiger charge is 2.51. The molecule has 0 spiro atoms. The lowest BCUT2D eigenvalue weighted by molar-refractivity contribution is 0.0385. The maximum absolute atomic E-state index is 6.55. The molecule has 244 valence electrons. The molecule has 0 saturated carbocycles. The Labute approximate surface area is 266 Å². The molecule has 0 aromatic heterocycles. The van der Waals surface area contributed by atoms with Crippen molar-refractivity contribution in [3.63, 3.8) is 0 Å². The molecule has 0 aliphatic carbocycles. The highest BCUT2D eigenvalue weighted by Crippen LogP contribution is 2.25. The fourth-order valence-electron chi connectivity index (χ4n) is 5.25. The third kappa shape index (κ3) is 18.6. The summed E-state index contributed by atoms with van der Waals surface area (Å²) in [7, 11) is -3.50. The lowest BCUT2D eigenvalue weighted by atomic mass is 10.1. The number of rotatable bonds is 28. The Balaban J connectivity index is 1.92. The third-order valence-electron chi connectivity index (χ3n) is 8.08. The number of hydrogen-bond acceptors (Lipinski definition) is 4. The summed E-state index contributed by atoms with van der Waals surface area (Å²) < 4.78 is 26.2. The Morgan fingerprint density at radius 1 is 0.395 bits per heavy atom. The third-order valence-corrected chi connectivity index (χ3v) is 10.2. The second-order valence-corrected chi connectivity index (χ2v) is 14.4. The van der Waals surface area contributed by atoms with Gasteiger partial charge in [0.15, 0.2) is 0 Å². The van der Waals surface area contributed by atoms with Crippen LogP contribution in [0.3, 0.4) is 0 Å². The Bertz CT molecular complexity index is 824. The van der Waals surface area contributed by atoms with Crippen LogP contribution in [0.15, 0.2) is 48.5 Å². The van der Waals surface area contributed by atoms with Gasteiger partial charge in [0.25, 0.3) is 0 Å². The minimum Gasteiger partial charge on any atom is -0.471 e. The van der Waals surface area contributed by atoms with Crippen molar-refractivity contribution in [3.05, 3.63) is 59.7 Å². The van der Waals surface area contributed by atoms with Crippen LogP contribution in [0.5, 0.6) is 11.5 Å². The van der Waals surface area contributed by atoms with Crippen molar-refractivity contribution in [3.8, 4) is 11.5 Å². The monoisotopic (exact) mass is 612 g/mol. The lowest BCUT2D eigenvalue weighted by Gasteiger charge is -2.28. The topological polar surface area (TPSA) is 36.9 Å². The first-order valence-electron chi connectivity index (χ1n) is 17.9. The van der Waals surface area contributed by atoms with Crippen LogP contribution in [0.4, 0.5) is 0 Å². The van der Waals surface area contributed by atoms with Gasteiger partial charge >= 0.3 is 9.05 Å². The molecule has 4 nitrogen and oxygen atoms in total. The first-order valence-corrected chi connectivity index (χ1v) is 19.5. The van der Waals surface area contributed by atoms with Gasteiger partial charge in [0.2, 0.25) is 0 Å². The summed E-state index contributed by atoms with van der Waals surface area (Å²) in [5.41, 5.74) is 2.38. The predicted octanol–water partition coefficient (Wildman–Crippen LogP) is 12.1. The van der Waals surface area contributed by atoms with Crippen molar-refractivity contribution in [2.24, 2.45) is 0 Å². The summed E-state index contributed by atoms with van der Waals surface area (Å²) in [6.45, 7) is 9.89. The van der Waals surface area contributed by atoms with Crippen molar-refractivity contribution in [1.82, 2.24) is 0 Å². The van der Waals surface area contributed by atoms with Gasteiger partial charge in [-0.15, -0.1) is 0 Å². The van der Waals surface area contributed by atoms with Crippen LogP contribution in [0, 0.1) is 13.8 Å². The first kappa shape index (κ1) is 37.4. The minimum absolute atomic E-state index is 0.582. The fraction of sp³-hybridized carbons (Fsp3) is 0.684. The van der Waals surface area contributed by atoms with Crippen molar-refractivity contribution in [2.45, 2.75) is 156 Å². The van der Waals surface area contributed by atoms with Gasteiger partial charge in [0.1, 0.15) is 11.5 Å². The average molecular weight is 613 g/mol. The molecule has 0 aliphatic rings. The van der Waals surface area contributed by atoms with Crippen LogP contribution in [0.2, 0.25) is 0 Å². The van der Waals surface area contributed by atoms with Crippen LogP contribution < -0.4 is 8.85 Å². The van der Waals surface area contributed by atoms with Crippen molar-refractivity contribution >= 4 is 9.05 Å². The molecule has 0 aliphatic heterocycles. The van der Waals surface area contributed by atoms with Gasteiger partial charge in [-0.2, -0.15) is 0 Å². The van der Waals surface area contributed by atoms with E-state index in [1.54, 1.807) is 0 Å². The number of benzene rings is 2. The van der Waals surface area contributed by atoms with Crippen LogP contribution in [-0.2, 0) is 8.85 Å². The zero-order valence-corrected chi connectivity index (χ0v) is 29.3. The van der Waals surface area contributed by atoms with Crippen molar-refractivity contribution < 1.29 is 17.7 Å². The zero-order valence-electron chi connectivity index (χ0n) is 28.3. The van der Waals surface area contributed by atoms with Gasteiger partial charge in [0, 0.05) is 13.2 Å². The van der Waals surface area contributed by atoms with E-state index < -0.39 is 9.05 Å². The Hall–Kier alpha value is -1.82. The summed E-state index contributed by atoms with van der Waals surface area (Å²) >= 11 is 0. The Morgan fingerprint density at radius 3 is 0.977 bits per heavy atom. The SMILES string of the molecule is CCCCCCCCCCCCO[Si](OCCCCCCCCCCCC)(Oc1ccc(C)cc1)Oc1ccc(C)cc1. The quantitative estimate of drug-likeness (QED) is 0.0707. The summed E-state index contributed by atoms with van der Waals surface area (Å²) in [5.74, 6) is 1.46. The van der Waals surface area contributed by atoms with E-state index in [0.717, 1.165) is 37.2 Å². The van der Waals surface area contributed by atoms with Gasteiger partial charge < -0.3 is 17.7 Å². The summed E-state index contributed by atoms with van der Waals surface area (Å²) in [6.07, 6.45) is 25.8. The second kappa shape index (κ2) is 24.5. The first-order chi connectivity index (χ1) is 21.1. The molecule has 2 rings (SSSR count). The predicted molar refractivity (Wildman–Crippen MR) is 185 cm³/mol. The molecular formula is C38H64O4Si. The van der Waals surface area contributed by atoms with Gasteiger partial charge in [-0.1, -0.05) is 165 Å². The summed E-state index contributed by atoms with van der Waals surface area (Å²) in [5, 5.41) is 0. The fourth-order valence-corrected chi connectivity index (χ4v) is 7.25. The normalized spacial score (nSPS) is 11.6. The lowest BCUT2D eigenvalue weighted by Crippen LogP contribution is -2.55. The van der Waals surface area contributed by atoms with E-state index in [-0.39, 0.29) is 0 Å². The molecule has 0 bridgehead atoms. The molecule has 0 heterocycles. The maximum atomic E-state index is 6.55. The van der Waals surface area contributed by atoms with E-state index in [1.165, 1.54) is 114 Å². The highest BCUT2D eigenvalue weighted by atomic mass is 28.4. The standard InChI is InChI=1S/C38H64O4Si/c1-5-7-9-11-13-15-17-19-21-23-33-39-43(41-37-29-25-35(3)26-30-37,42-38-31-27-36(4)28-32-38)40-34-24-22-20-18-16-14-12-10-8-6-2/h25-32H,5-24,33-34H2,1-4H3. The van der Waals surface area contributed by atoms with Crippen molar-refractivity contribution in [2.75, 3.05) is 13.2 Å². The molecular weight excluding hydrogens is 549 g/mol. The molecule has 0 radical (unpaired) electrons. The van der Waals surface area contributed by atoms with Gasteiger partial charge in [0.05, 0.1) is 0 Å². The molecule has 2 aromatic rings. The van der Waals surface area contributed by atoms with Crippen LogP contribution in [-0.4, -0.2) is 22.3 Å². The Kier molecular flexibility index (Phi) is 21.3. The largest absolute Gasteiger partial charge is 0.820 e.